The Morgan fingerprint density at radius 1 is 0.867 bits per heavy atom. The summed E-state index contributed by atoms with van der Waals surface area (Å²) in [5.74, 6) is 1.22. The number of nitrogens with two attached hydrogens (primary N) is 1. The van der Waals surface area contributed by atoms with Gasteiger partial charge in [-0.1, -0.05) is 42.5 Å². The van der Waals surface area contributed by atoms with Gasteiger partial charge in [-0.05, 0) is 42.0 Å². The number of hydrogen-bond acceptors (Lipinski definition) is 10. The minimum atomic E-state index is -0.562. The van der Waals surface area contributed by atoms with Gasteiger partial charge in [0.2, 0.25) is 0 Å². The molecule has 1 fully saturated rings. The van der Waals surface area contributed by atoms with Gasteiger partial charge in [-0.15, -0.1) is 0 Å². The topological polar surface area (TPSA) is 123 Å². The van der Waals surface area contributed by atoms with Crippen molar-refractivity contribution in [2.75, 3.05) is 51.1 Å². The Kier molecular flexibility index (Phi) is 7.32. The molecule has 0 saturated carbocycles. The highest BCUT2D eigenvalue weighted by Crippen LogP contribution is 2.32. The Bertz CT molecular complexity index is 2060. The molecule has 0 aliphatic carbocycles. The smallest absolute Gasteiger partial charge is 0.272 e. The molecule has 0 radical (unpaired) electrons. The second-order valence-electron chi connectivity index (χ2n) is 11.1. The van der Waals surface area contributed by atoms with Crippen molar-refractivity contribution in [1.29, 1.82) is 0 Å². The molecule has 1 aliphatic rings. The van der Waals surface area contributed by atoms with E-state index in [0.717, 1.165) is 66.4 Å². The minimum Gasteiger partial charge on any atom is -0.491 e. The Morgan fingerprint density at radius 2 is 1.62 bits per heavy atom. The molecular weight excluding hydrogens is 568 g/mol. The first-order valence-electron chi connectivity index (χ1n) is 14.8. The van der Waals surface area contributed by atoms with Gasteiger partial charge >= 0.3 is 0 Å². The average Bonchev–Trinajstić information content (AvgIpc) is 3.46. The molecule has 3 aromatic carbocycles. The lowest BCUT2D eigenvalue weighted by molar-refractivity contribution is 0.121. The van der Waals surface area contributed by atoms with Crippen LogP contribution in [0.4, 0.5) is 11.5 Å². The molecule has 0 amide bonds. The summed E-state index contributed by atoms with van der Waals surface area (Å²) >= 11 is 0. The lowest BCUT2D eigenvalue weighted by Crippen LogP contribution is -2.55. The third-order valence-electron chi connectivity index (χ3n) is 8.40. The molecule has 0 atom stereocenters. The van der Waals surface area contributed by atoms with Crippen LogP contribution in [0.25, 0.3) is 39.5 Å². The summed E-state index contributed by atoms with van der Waals surface area (Å²) in [4.78, 5) is 40.6. The molecule has 226 valence electrons. The number of rotatable bonds is 8. The number of methoxy groups -OCH3 is 1. The van der Waals surface area contributed by atoms with Crippen LogP contribution in [0, 0.1) is 0 Å². The molecule has 1 aliphatic heterocycles. The maximum atomic E-state index is 12.1. The van der Waals surface area contributed by atoms with Crippen molar-refractivity contribution in [3.63, 3.8) is 0 Å². The van der Waals surface area contributed by atoms with Crippen LogP contribution in [-0.2, 0) is 6.54 Å². The van der Waals surface area contributed by atoms with Crippen molar-refractivity contribution >= 4 is 22.7 Å². The first kappa shape index (κ1) is 28.4. The number of piperazine rings is 1. The number of pyridine rings is 2. The van der Waals surface area contributed by atoms with Crippen molar-refractivity contribution in [1.82, 2.24) is 29.4 Å². The van der Waals surface area contributed by atoms with E-state index in [1.807, 2.05) is 59.2 Å². The molecule has 1 saturated heterocycles. The molecule has 11 heteroatoms. The summed E-state index contributed by atoms with van der Waals surface area (Å²) in [5, 5.41) is 3.83. The zero-order chi connectivity index (χ0) is 31.1. The van der Waals surface area contributed by atoms with Gasteiger partial charge in [0.15, 0.2) is 22.9 Å². The van der Waals surface area contributed by atoms with E-state index in [2.05, 4.69) is 39.2 Å². The summed E-state index contributed by atoms with van der Waals surface area (Å²) in [5.41, 5.74) is 11.8. The fraction of sp³-hybridized carbons (Fsp3) is 0.206. The second-order valence-corrected chi connectivity index (χ2v) is 11.1. The van der Waals surface area contributed by atoms with E-state index in [9.17, 15) is 9.59 Å². The predicted molar refractivity (Wildman–Crippen MR) is 175 cm³/mol. The number of aromatic nitrogens is 4. The third kappa shape index (κ3) is 5.11. The number of ether oxygens (including phenoxy) is 1. The van der Waals surface area contributed by atoms with E-state index in [1.165, 1.54) is 12.7 Å². The van der Waals surface area contributed by atoms with Gasteiger partial charge in [0.1, 0.15) is 11.3 Å². The van der Waals surface area contributed by atoms with Crippen LogP contribution in [0.3, 0.4) is 0 Å². The molecule has 4 heterocycles. The van der Waals surface area contributed by atoms with Gasteiger partial charge in [0.25, 0.3) is 10.9 Å². The van der Waals surface area contributed by atoms with Gasteiger partial charge < -0.3 is 15.5 Å². The fourth-order valence-corrected chi connectivity index (χ4v) is 5.95. The first-order valence-corrected chi connectivity index (χ1v) is 14.8. The number of anilines is 2. The number of fused-ring (bicyclic) bond motifs is 1. The Labute approximate surface area is 259 Å². The summed E-state index contributed by atoms with van der Waals surface area (Å²) in [6.45, 7) is 3.86. The van der Waals surface area contributed by atoms with Gasteiger partial charge in [-0.25, -0.2) is 20.0 Å². The monoisotopic (exact) mass is 600 g/mol. The lowest BCUT2D eigenvalue weighted by atomic mass is 10.1. The number of nitrogen functional groups attached to an aromatic ring is 1. The van der Waals surface area contributed by atoms with Gasteiger partial charge in [0.05, 0.1) is 18.4 Å². The second kappa shape index (κ2) is 11.6. The van der Waals surface area contributed by atoms with E-state index in [4.69, 9.17) is 20.4 Å². The molecule has 0 unspecified atom stereocenters. The molecule has 6 aromatic rings. The number of nitrogens with zero attached hydrogens (tertiary/aromatic N) is 7. The maximum absolute atomic E-state index is 12.1. The van der Waals surface area contributed by atoms with Crippen molar-refractivity contribution in [3.05, 3.63) is 111 Å². The molecular formula is C34H32N8O3. The van der Waals surface area contributed by atoms with Crippen LogP contribution in [0.5, 0.6) is 5.75 Å². The average molecular weight is 601 g/mol. The molecule has 45 heavy (non-hydrogen) atoms. The summed E-state index contributed by atoms with van der Waals surface area (Å²) < 4.78 is 7.17. The standard InChI is InChI=1S/C34H32N8O3/c1-39(28-29(43)30(44)31(28)45-2)41-19-17-40(18-20-41)21-22-10-12-24(13-11-22)42-33(25-9-6-16-36-32(25)35)38-27-15-14-26(37-34(27)42)23-7-4-3-5-8-23/h3-16H,17-21H2,1-2H3,(H2,35,36). The predicted octanol–water partition coefficient (Wildman–Crippen LogP) is 3.51. The molecule has 7 rings (SSSR count). The van der Waals surface area contributed by atoms with Crippen molar-refractivity contribution < 1.29 is 4.74 Å². The lowest BCUT2D eigenvalue weighted by Gasteiger charge is -2.40. The fourth-order valence-electron chi connectivity index (χ4n) is 5.95. The normalized spacial score (nSPS) is 14.3. The molecule has 0 bridgehead atoms. The highest BCUT2D eigenvalue weighted by atomic mass is 16.5. The molecule has 3 aromatic heterocycles. The van der Waals surface area contributed by atoms with E-state index in [-0.39, 0.29) is 5.75 Å². The first-order chi connectivity index (χ1) is 21.9. The highest BCUT2D eigenvalue weighted by molar-refractivity contribution is 5.84. The SMILES string of the molecule is COc1c(N(C)N2CCN(Cc3ccc(-n4c(-c5cccnc5N)nc5ccc(-c6ccccc6)nc54)cc3)CC2)c(=O)c1=O. The van der Waals surface area contributed by atoms with Crippen LogP contribution in [0.1, 0.15) is 5.56 Å². The Morgan fingerprint density at radius 3 is 2.33 bits per heavy atom. The number of benzene rings is 2. The molecule has 0 spiro atoms. The number of hydrazine groups is 1. The third-order valence-corrected chi connectivity index (χ3v) is 8.40. The number of hydrogen-bond donors (Lipinski definition) is 1. The van der Waals surface area contributed by atoms with E-state index < -0.39 is 10.9 Å². The summed E-state index contributed by atoms with van der Waals surface area (Å²) in [6, 6.07) is 26.3. The molecule has 11 nitrogen and oxygen atoms in total. The van der Waals surface area contributed by atoms with Crippen LogP contribution < -0.4 is 26.3 Å². The van der Waals surface area contributed by atoms with E-state index in [1.54, 1.807) is 18.3 Å². The largest absolute Gasteiger partial charge is 0.491 e. The van der Waals surface area contributed by atoms with Crippen LogP contribution in [0.2, 0.25) is 0 Å². The van der Waals surface area contributed by atoms with Gasteiger partial charge in [-0.2, -0.15) is 0 Å². The van der Waals surface area contributed by atoms with Crippen molar-refractivity contribution in [2.45, 2.75) is 6.54 Å². The minimum absolute atomic E-state index is 0.136. The molecule has 2 N–H and O–H groups in total. The summed E-state index contributed by atoms with van der Waals surface area (Å²) in [7, 11) is 3.22. The van der Waals surface area contributed by atoms with Crippen LogP contribution in [-0.4, -0.2) is 69.8 Å². The zero-order valence-electron chi connectivity index (χ0n) is 25.1. The van der Waals surface area contributed by atoms with Crippen molar-refractivity contribution in [3.8, 4) is 34.1 Å². The van der Waals surface area contributed by atoms with Crippen LogP contribution >= 0.6 is 0 Å². The Hall–Kier alpha value is -5.39. The van der Waals surface area contributed by atoms with E-state index >= 15 is 0 Å². The maximum Gasteiger partial charge on any atom is 0.272 e. The Balaban J connectivity index is 1.14. The van der Waals surface area contributed by atoms with E-state index in [0.29, 0.717) is 17.3 Å². The quantitative estimate of drug-likeness (QED) is 0.260. The zero-order valence-corrected chi connectivity index (χ0v) is 25.1. The van der Waals surface area contributed by atoms with Gasteiger partial charge in [-0.3, -0.25) is 19.1 Å². The summed E-state index contributed by atoms with van der Waals surface area (Å²) in [6.07, 6.45) is 1.67. The highest BCUT2D eigenvalue weighted by Gasteiger charge is 2.30. The number of imidazole rings is 1. The van der Waals surface area contributed by atoms with Crippen molar-refractivity contribution in [2.24, 2.45) is 0 Å². The van der Waals surface area contributed by atoms with Gasteiger partial charge in [0, 0.05) is 57.2 Å². The van der Waals surface area contributed by atoms with Crippen LogP contribution in [0.15, 0.2) is 94.6 Å².